The fraction of sp³-hybridized carbons (Fsp3) is 0.227. The molecule has 0 fully saturated rings. The number of fused-ring (bicyclic) bond motifs is 2. The Balaban J connectivity index is 0.00000259. The van der Waals surface area contributed by atoms with E-state index in [1.165, 1.54) is 4.90 Å². The van der Waals surface area contributed by atoms with E-state index in [4.69, 9.17) is 16.3 Å². The number of halogens is 1. The van der Waals surface area contributed by atoms with E-state index in [1.54, 1.807) is 30.1 Å². The van der Waals surface area contributed by atoms with E-state index in [0.29, 0.717) is 34.0 Å². The molecule has 2 aromatic heterocycles. The van der Waals surface area contributed by atoms with Crippen LogP contribution >= 0.6 is 11.6 Å². The lowest BCUT2D eigenvalue weighted by Gasteiger charge is -2.20. The summed E-state index contributed by atoms with van der Waals surface area (Å²) < 4.78 is 7.39. The summed E-state index contributed by atoms with van der Waals surface area (Å²) in [5.74, 6) is -0.362. The molecule has 10 nitrogen and oxygen atoms in total. The molecular formula is C22H22ClN7O3. The van der Waals surface area contributed by atoms with Crippen LogP contribution in [0.5, 0.6) is 5.75 Å². The Kier molecular flexibility index (Phi) is 6.01. The lowest BCUT2D eigenvalue weighted by molar-refractivity contribution is -0.120. The van der Waals surface area contributed by atoms with Crippen LogP contribution in [-0.2, 0) is 11.3 Å². The number of hydrogen-bond donors (Lipinski definition) is 2. The largest absolute Gasteiger partial charge is 0.489 e. The van der Waals surface area contributed by atoms with E-state index in [2.05, 4.69) is 25.8 Å². The third kappa shape index (κ3) is 4.24. The number of nitrogens with one attached hydrogen (secondary N) is 2. The van der Waals surface area contributed by atoms with Crippen LogP contribution in [-0.4, -0.2) is 56.7 Å². The molecule has 11 heteroatoms. The van der Waals surface area contributed by atoms with Crippen molar-refractivity contribution in [3.8, 4) is 5.75 Å². The summed E-state index contributed by atoms with van der Waals surface area (Å²) in [4.78, 5) is 27.2. The number of H-pyrrole nitrogens is 1. The van der Waals surface area contributed by atoms with Gasteiger partial charge in [0.2, 0.25) is 0 Å². The quantitative estimate of drug-likeness (QED) is 0.476. The van der Waals surface area contributed by atoms with Gasteiger partial charge in [-0.2, -0.15) is 5.10 Å². The van der Waals surface area contributed by atoms with Gasteiger partial charge >= 0.3 is 0 Å². The number of carbonyl (C=O) groups excluding carboxylic acids is 2. The molecule has 5 rings (SSSR count). The molecule has 170 valence electrons. The minimum Gasteiger partial charge on any atom is -0.489 e. The van der Waals surface area contributed by atoms with Gasteiger partial charge in [-0.1, -0.05) is 54.6 Å². The van der Waals surface area contributed by atoms with Crippen molar-refractivity contribution in [1.82, 2.24) is 30.5 Å². The Morgan fingerprint density at radius 3 is 2.88 bits per heavy atom. The lowest BCUT2D eigenvalue weighted by Crippen LogP contribution is -2.49. The highest BCUT2D eigenvalue weighted by atomic mass is 35.5. The summed E-state index contributed by atoms with van der Waals surface area (Å²) in [5.41, 5.74) is 2.30. The molecule has 2 aromatic carbocycles. The van der Waals surface area contributed by atoms with E-state index < -0.39 is 11.9 Å². The predicted molar refractivity (Wildman–Crippen MR) is 124 cm³/mol. The number of ether oxygens (including phenoxy) is 1. The average Bonchev–Trinajstić information content (AvgIpc) is 3.39. The monoisotopic (exact) mass is 467 g/mol. The summed E-state index contributed by atoms with van der Waals surface area (Å²) in [6, 6.07) is 12.2. The van der Waals surface area contributed by atoms with Crippen LogP contribution in [0.1, 0.15) is 23.5 Å². The normalized spacial score (nSPS) is 15.4. The Hall–Kier alpha value is -3.92. The number of aromatic nitrogens is 5. The summed E-state index contributed by atoms with van der Waals surface area (Å²) in [6.07, 6.45) is 1.54. The second-order valence-corrected chi connectivity index (χ2v) is 7.77. The zero-order valence-electron chi connectivity index (χ0n) is 16.9. The fourth-order valence-electron chi connectivity index (χ4n) is 3.56. The SMILES string of the molecule is C.CN1C(=O)[C@@H](NC(=O)c2cn(Cc3ccccc3)nn2)COc2cc3n[nH]c(Cl)c3cc21. The van der Waals surface area contributed by atoms with Gasteiger partial charge < -0.3 is 15.0 Å². The molecule has 3 heterocycles. The van der Waals surface area contributed by atoms with Gasteiger partial charge in [-0.15, -0.1) is 5.10 Å². The Morgan fingerprint density at radius 2 is 2.09 bits per heavy atom. The molecule has 0 bridgehead atoms. The van der Waals surface area contributed by atoms with Gasteiger partial charge in [0.25, 0.3) is 11.8 Å². The van der Waals surface area contributed by atoms with Crippen molar-refractivity contribution in [2.75, 3.05) is 18.6 Å². The van der Waals surface area contributed by atoms with E-state index in [9.17, 15) is 9.59 Å². The number of amides is 2. The molecule has 0 radical (unpaired) electrons. The Bertz CT molecular complexity index is 1320. The summed E-state index contributed by atoms with van der Waals surface area (Å²) >= 11 is 6.12. The van der Waals surface area contributed by atoms with Crippen molar-refractivity contribution in [1.29, 1.82) is 0 Å². The molecular weight excluding hydrogens is 446 g/mol. The second kappa shape index (κ2) is 8.91. The third-order valence-corrected chi connectivity index (χ3v) is 5.54. The molecule has 0 unspecified atom stereocenters. The highest BCUT2D eigenvalue weighted by molar-refractivity contribution is 6.34. The van der Waals surface area contributed by atoms with Crippen molar-refractivity contribution in [2.45, 2.75) is 20.0 Å². The van der Waals surface area contributed by atoms with Crippen molar-refractivity contribution >= 4 is 40.0 Å². The topological polar surface area (TPSA) is 118 Å². The number of carbonyl (C=O) groups is 2. The molecule has 0 spiro atoms. The number of nitrogens with zero attached hydrogens (tertiary/aromatic N) is 5. The molecule has 1 aliphatic rings. The standard InChI is InChI=1S/C21H18ClN7O3.CH4/c1-28-17-7-13-14(24-26-19(13)22)8-18(17)32-11-16(21(28)31)23-20(30)15-10-29(27-25-15)9-12-5-3-2-4-6-12;/h2-8,10,16H,9,11H2,1H3,(H,23,30)(H,24,26);1H4/t16-;/m0./s1. The first-order chi connectivity index (χ1) is 15.5. The predicted octanol–water partition coefficient (Wildman–Crippen LogP) is 2.65. The molecule has 2 amide bonds. The van der Waals surface area contributed by atoms with E-state index in [0.717, 1.165) is 5.56 Å². The van der Waals surface area contributed by atoms with Crippen molar-refractivity contribution in [3.05, 3.63) is 65.1 Å². The van der Waals surface area contributed by atoms with Gasteiger partial charge in [0.1, 0.15) is 23.6 Å². The van der Waals surface area contributed by atoms with E-state index in [-0.39, 0.29) is 25.6 Å². The molecule has 0 aliphatic carbocycles. The maximum absolute atomic E-state index is 13.0. The van der Waals surface area contributed by atoms with Gasteiger partial charge in [0.05, 0.1) is 23.9 Å². The van der Waals surface area contributed by atoms with Crippen LogP contribution in [0.15, 0.2) is 48.7 Å². The number of benzene rings is 2. The molecule has 0 saturated heterocycles. The Morgan fingerprint density at radius 1 is 1.30 bits per heavy atom. The lowest BCUT2D eigenvalue weighted by atomic mass is 10.2. The first-order valence-electron chi connectivity index (χ1n) is 9.82. The molecule has 33 heavy (non-hydrogen) atoms. The number of likely N-dealkylation sites (N-methyl/N-ethyl adjacent to an activating group) is 1. The van der Waals surface area contributed by atoms with Crippen molar-refractivity contribution in [2.24, 2.45) is 0 Å². The van der Waals surface area contributed by atoms with Gasteiger partial charge in [0, 0.05) is 18.5 Å². The summed E-state index contributed by atoms with van der Waals surface area (Å²) in [7, 11) is 1.62. The van der Waals surface area contributed by atoms with E-state index >= 15 is 0 Å². The molecule has 4 aromatic rings. The summed E-state index contributed by atoms with van der Waals surface area (Å²) in [6.45, 7) is 0.443. The van der Waals surface area contributed by atoms with Gasteiger partial charge in [-0.3, -0.25) is 14.7 Å². The average molecular weight is 468 g/mol. The van der Waals surface area contributed by atoms with Crippen LogP contribution in [0, 0.1) is 0 Å². The molecule has 2 N–H and O–H groups in total. The van der Waals surface area contributed by atoms with Crippen molar-refractivity contribution < 1.29 is 14.3 Å². The number of anilines is 1. The zero-order valence-corrected chi connectivity index (χ0v) is 17.7. The Labute approximate surface area is 194 Å². The van der Waals surface area contributed by atoms with Crippen molar-refractivity contribution in [3.63, 3.8) is 0 Å². The molecule has 1 aliphatic heterocycles. The van der Waals surface area contributed by atoms with Crippen LogP contribution in [0.3, 0.4) is 0 Å². The number of rotatable bonds is 4. The number of aromatic amines is 1. The van der Waals surface area contributed by atoms with E-state index in [1.807, 2.05) is 30.3 Å². The maximum Gasteiger partial charge on any atom is 0.274 e. The van der Waals surface area contributed by atoms with Gasteiger partial charge in [-0.05, 0) is 11.6 Å². The first kappa shape index (κ1) is 22.3. The molecule has 0 saturated carbocycles. The van der Waals surface area contributed by atoms with Crippen LogP contribution in [0.4, 0.5) is 5.69 Å². The minimum absolute atomic E-state index is 0. The third-order valence-electron chi connectivity index (χ3n) is 5.25. The minimum atomic E-state index is -0.900. The second-order valence-electron chi connectivity index (χ2n) is 7.40. The van der Waals surface area contributed by atoms with Gasteiger partial charge in [0.15, 0.2) is 5.69 Å². The van der Waals surface area contributed by atoms with Crippen LogP contribution in [0.25, 0.3) is 10.9 Å². The number of hydrogen-bond acceptors (Lipinski definition) is 6. The maximum atomic E-state index is 13.0. The van der Waals surface area contributed by atoms with Crippen LogP contribution < -0.4 is 15.0 Å². The first-order valence-corrected chi connectivity index (χ1v) is 10.2. The highest BCUT2D eigenvalue weighted by Gasteiger charge is 2.32. The molecule has 1 atom stereocenters. The van der Waals surface area contributed by atoms with Crippen LogP contribution in [0.2, 0.25) is 5.15 Å². The fourth-order valence-corrected chi connectivity index (χ4v) is 3.75. The zero-order chi connectivity index (χ0) is 22.2. The summed E-state index contributed by atoms with van der Waals surface area (Å²) in [5, 5.41) is 18.5. The highest BCUT2D eigenvalue weighted by Crippen LogP contribution is 2.36. The van der Waals surface area contributed by atoms with Gasteiger partial charge in [-0.25, -0.2) is 4.68 Å². The smallest absolute Gasteiger partial charge is 0.274 e.